The summed E-state index contributed by atoms with van der Waals surface area (Å²) in [6.07, 6.45) is -4.86. The van der Waals surface area contributed by atoms with E-state index in [0.29, 0.717) is 0 Å². The second kappa shape index (κ2) is 3.81. The van der Waals surface area contributed by atoms with Crippen LogP contribution in [0.3, 0.4) is 0 Å². The van der Waals surface area contributed by atoms with Crippen LogP contribution in [0.25, 0.3) is 0 Å². The highest BCUT2D eigenvalue weighted by Gasteiger charge is 2.26. The molecule has 0 saturated carbocycles. The number of hydrogen-bond acceptors (Lipinski definition) is 1. The van der Waals surface area contributed by atoms with E-state index in [-0.39, 0.29) is 18.9 Å². The molecule has 0 aromatic carbocycles. The van der Waals surface area contributed by atoms with Crippen LogP contribution in [0.4, 0.5) is 13.2 Å². The monoisotopic (exact) mass is 156 g/mol. The molecule has 0 amide bonds. The van der Waals surface area contributed by atoms with E-state index in [9.17, 15) is 13.2 Å². The molecule has 0 fully saturated rings. The molecule has 1 nitrogen and oxygen atoms in total. The molecule has 4 heteroatoms. The molecular formula is C6H11F3O. The SMILES string of the molecule is C[C@H](CO)CCC(F)(F)F. The second-order valence-corrected chi connectivity index (χ2v) is 2.44. The first-order valence-electron chi connectivity index (χ1n) is 3.13. The molecule has 0 aliphatic carbocycles. The first kappa shape index (κ1) is 9.75. The molecule has 0 heterocycles. The molecular weight excluding hydrogens is 145 g/mol. The molecule has 0 unspecified atom stereocenters. The van der Waals surface area contributed by atoms with Gasteiger partial charge in [-0.05, 0) is 12.3 Å². The van der Waals surface area contributed by atoms with Crippen LogP contribution in [0.1, 0.15) is 19.8 Å². The van der Waals surface area contributed by atoms with Gasteiger partial charge in [0.05, 0.1) is 0 Å². The predicted molar refractivity (Wildman–Crippen MR) is 31.5 cm³/mol. The molecule has 0 aromatic rings. The lowest BCUT2D eigenvalue weighted by atomic mass is 10.1. The van der Waals surface area contributed by atoms with Gasteiger partial charge in [0.25, 0.3) is 0 Å². The van der Waals surface area contributed by atoms with Gasteiger partial charge in [0.1, 0.15) is 0 Å². The molecule has 62 valence electrons. The maximum atomic E-state index is 11.5. The quantitative estimate of drug-likeness (QED) is 0.662. The molecule has 0 rings (SSSR count). The maximum Gasteiger partial charge on any atom is 0.389 e. The summed E-state index contributed by atoms with van der Waals surface area (Å²) in [4.78, 5) is 0. The number of alkyl halides is 3. The molecule has 0 radical (unpaired) electrons. The zero-order valence-electron chi connectivity index (χ0n) is 5.78. The average molecular weight is 156 g/mol. The van der Waals surface area contributed by atoms with Gasteiger partial charge in [0, 0.05) is 13.0 Å². The molecule has 0 aliphatic heterocycles. The fourth-order valence-corrected chi connectivity index (χ4v) is 0.501. The van der Waals surface area contributed by atoms with Crippen LogP contribution in [-0.2, 0) is 0 Å². The Labute approximate surface area is 57.9 Å². The minimum Gasteiger partial charge on any atom is -0.396 e. The van der Waals surface area contributed by atoms with Crippen molar-refractivity contribution >= 4 is 0 Å². The highest BCUT2D eigenvalue weighted by molar-refractivity contribution is 4.55. The average Bonchev–Trinajstić information content (AvgIpc) is 1.81. The predicted octanol–water partition coefficient (Wildman–Crippen LogP) is 1.96. The van der Waals surface area contributed by atoms with Gasteiger partial charge in [0.2, 0.25) is 0 Å². The first-order valence-corrected chi connectivity index (χ1v) is 3.13. The largest absolute Gasteiger partial charge is 0.396 e. The van der Waals surface area contributed by atoms with E-state index in [1.165, 1.54) is 0 Å². The van der Waals surface area contributed by atoms with Crippen molar-refractivity contribution in [3.8, 4) is 0 Å². The smallest absolute Gasteiger partial charge is 0.389 e. The van der Waals surface area contributed by atoms with E-state index >= 15 is 0 Å². The summed E-state index contributed by atoms with van der Waals surface area (Å²) >= 11 is 0. The summed E-state index contributed by atoms with van der Waals surface area (Å²) in [6, 6.07) is 0. The molecule has 10 heavy (non-hydrogen) atoms. The second-order valence-electron chi connectivity index (χ2n) is 2.44. The van der Waals surface area contributed by atoms with E-state index < -0.39 is 12.6 Å². The Morgan fingerprint density at radius 2 is 1.90 bits per heavy atom. The third-order valence-electron chi connectivity index (χ3n) is 1.23. The molecule has 1 N–H and O–H groups in total. The van der Waals surface area contributed by atoms with Crippen molar-refractivity contribution in [1.29, 1.82) is 0 Å². The van der Waals surface area contributed by atoms with Crippen LogP contribution in [0.2, 0.25) is 0 Å². The van der Waals surface area contributed by atoms with Crippen LogP contribution >= 0.6 is 0 Å². The van der Waals surface area contributed by atoms with Gasteiger partial charge in [-0.2, -0.15) is 13.2 Å². The molecule has 0 saturated heterocycles. The standard InChI is InChI=1S/C6H11F3O/c1-5(4-10)2-3-6(7,8)9/h5,10H,2-4H2,1H3/t5-/m0/s1. The third kappa shape index (κ3) is 5.88. The zero-order chi connectivity index (χ0) is 8.20. The van der Waals surface area contributed by atoms with Gasteiger partial charge in [-0.15, -0.1) is 0 Å². The Balaban J connectivity index is 3.36. The Kier molecular flexibility index (Phi) is 3.71. The van der Waals surface area contributed by atoms with Gasteiger partial charge in [-0.1, -0.05) is 6.92 Å². The highest BCUT2D eigenvalue weighted by atomic mass is 19.4. The van der Waals surface area contributed by atoms with Gasteiger partial charge >= 0.3 is 6.18 Å². The number of aliphatic hydroxyl groups is 1. The molecule has 0 aliphatic rings. The summed E-state index contributed by atoms with van der Waals surface area (Å²) in [5.41, 5.74) is 0. The fourth-order valence-electron chi connectivity index (χ4n) is 0.501. The van der Waals surface area contributed by atoms with E-state index in [0.717, 1.165) is 0 Å². The lowest BCUT2D eigenvalue weighted by molar-refractivity contribution is -0.137. The van der Waals surface area contributed by atoms with Crippen molar-refractivity contribution in [2.45, 2.75) is 25.9 Å². The minimum absolute atomic E-state index is 0.0139. The van der Waals surface area contributed by atoms with Crippen molar-refractivity contribution in [2.24, 2.45) is 5.92 Å². The number of aliphatic hydroxyl groups excluding tert-OH is 1. The zero-order valence-corrected chi connectivity index (χ0v) is 5.78. The van der Waals surface area contributed by atoms with Crippen LogP contribution in [0.5, 0.6) is 0 Å². The summed E-state index contributed by atoms with van der Waals surface area (Å²) in [6.45, 7) is 1.42. The Bertz CT molecular complexity index is 89.5. The molecule has 1 atom stereocenters. The van der Waals surface area contributed by atoms with Crippen LogP contribution < -0.4 is 0 Å². The van der Waals surface area contributed by atoms with Gasteiger partial charge in [0.15, 0.2) is 0 Å². The lowest BCUT2D eigenvalue weighted by Gasteiger charge is -2.09. The van der Waals surface area contributed by atoms with Crippen molar-refractivity contribution in [2.75, 3.05) is 6.61 Å². The third-order valence-corrected chi connectivity index (χ3v) is 1.23. The number of halogens is 3. The summed E-state index contributed by atoms with van der Waals surface area (Å²) in [7, 11) is 0. The number of rotatable bonds is 3. The van der Waals surface area contributed by atoms with Crippen LogP contribution in [0, 0.1) is 5.92 Å². The summed E-state index contributed by atoms with van der Waals surface area (Å²) in [5, 5.41) is 8.36. The van der Waals surface area contributed by atoms with E-state index in [1.807, 2.05) is 0 Å². The normalized spacial score (nSPS) is 15.3. The molecule has 0 aromatic heterocycles. The Morgan fingerprint density at radius 3 is 2.20 bits per heavy atom. The van der Waals surface area contributed by atoms with Gasteiger partial charge in [-0.3, -0.25) is 0 Å². The maximum absolute atomic E-state index is 11.5. The van der Waals surface area contributed by atoms with Crippen molar-refractivity contribution < 1.29 is 18.3 Å². The van der Waals surface area contributed by atoms with Crippen molar-refractivity contribution in [3.05, 3.63) is 0 Å². The van der Waals surface area contributed by atoms with Crippen molar-refractivity contribution in [1.82, 2.24) is 0 Å². The van der Waals surface area contributed by atoms with Gasteiger partial charge in [-0.25, -0.2) is 0 Å². The Hall–Kier alpha value is -0.250. The van der Waals surface area contributed by atoms with Crippen molar-refractivity contribution in [3.63, 3.8) is 0 Å². The van der Waals surface area contributed by atoms with Gasteiger partial charge < -0.3 is 5.11 Å². The Morgan fingerprint density at radius 1 is 1.40 bits per heavy atom. The van der Waals surface area contributed by atoms with E-state index in [1.54, 1.807) is 6.92 Å². The summed E-state index contributed by atoms with van der Waals surface area (Å²) < 4.78 is 34.4. The van der Waals surface area contributed by atoms with E-state index in [2.05, 4.69) is 0 Å². The minimum atomic E-state index is -4.08. The first-order chi connectivity index (χ1) is 4.45. The summed E-state index contributed by atoms with van der Waals surface area (Å²) in [5.74, 6) is -0.248. The van der Waals surface area contributed by atoms with Crippen LogP contribution in [-0.4, -0.2) is 17.9 Å². The molecule has 0 spiro atoms. The molecule has 0 bridgehead atoms. The highest BCUT2D eigenvalue weighted by Crippen LogP contribution is 2.23. The lowest BCUT2D eigenvalue weighted by Crippen LogP contribution is -2.11. The number of hydrogen-bond donors (Lipinski definition) is 1. The topological polar surface area (TPSA) is 20.2 Å². The van der Waals surface area contributed by atoms with E-state index in [4.69, 9.17) is 5.11 Å². The van der Waals surface area contributed by atoms with Crippen LogP contribution in [0.15, 0.2) is 0 Å². The fraction of sp³-hybridized carbons (Fsp3) is 1.00.